The highest BCUT2D eigenvalue weighted by Crippen LogP contribution is 2.34. The van der Waals surface area contributed by atoms with Gasteiger partial charge in [-0.05, 0) is 34.2 Å². The zero-order chi connectivity index (χ0) is 17.9. The van der Waals surface area contributed by atoms with Crippen molar-refractivity contribution >= 4 is 27.3 Å². The van der Waals surface area contributed by atoms with Gasteiger partial charge in [-0.15, -0.1) is 11.3 Å². The predicted octanol–water partition coefficient (Wildman–Crippen LogP) is 5.21. The van der Waals surface area contributed by atoms with Gasteiger partial charge in [-0.3, -0.25) is 10.0 Å². The zero-order valence-corrected chi connectivity index (χ0v) is 14.7. The summed E-state index contributed by atoms with van der Waals surface area (Å²) in [5.41, 5.74) is 4.59. The molecule has 1 unspecified atom stereocenters. The Morgan fingerprint density at radius 1 is 0.846 bits per heavy atom. The van der Waals surface area contributed by atoms with E-state index in [0.717, 1.165) is 16.7 Å². The number of benzene rings is 3. The van der Waals surface area contributed by atoms with Crippen LogP contribution in [0.1, 0.15) is 17.0 Å². The molecule has 4 aromatic rings. The van der Waals surface area contributed by atoms with Crippen LogP contribution in [0.2, 0.25) is 0 Å². The molecule has 0 bridgehead atoms. The first kappa shape index (κ1) is 16.5. The lowest BCUT2D eigenvalue weighted by Gasteiger charge is -2.16. The standard InChI is InChI=1S/C22H17NO2S/c24-22(23-25)21(16-6-2-1-3-7-16)17-12-10-15(11-13-17)20-14-18-8-4-5-9-19(18)26-20/h1-14,21,25H,(H,23,24). The van der Waals surface area contributed by atoms with Gasteiger partial charge in [0.2, 0.25) is 0 Å². The lowest BCUT2D eigenvalue weighted by molar-refractivity contribution is -0.129. The van der Waals surface area contributed by atoms with Crippen molar-refractivity contribution in [3.05, 3.63) is 96.1 Å². The highest BCUT2D eigenvalue weighted by molar-refractivity contribution is 7.22. The van der Waals surface area contributed by atoms with Crippen molar-refractivity contribution in [2.24, 2.45) is 0 Å². The number of hydrogen-bond donors (Lipinski definition) is 2. The van der Waals surface area contributed by atoms with Gasteiger partial charge in [0.05, 0.1) is 5.92 Å². The molecule has 1 heterocycles. The summed E-state index contributed by atoms with van der Waals surface area (Å²) in [6.07, 6.45) is 0. The van der Waals surface area contributed by atoms with Crippen molar-refractivity contribution in [3.8, 4) is 10.4 Å². The first-order chi connectivity index (χ1) is 12.8. The molecule has 4 heteroatoms. The van der Waals surface area contributed by atoms with Crippen LogP contribution in [0.3, 0.4) is 0 Å². The topological polar surface area (TPSA) is 49.3 Å². The molecule has 0 aliphatic rings. The molecule has 0 saturated carbocycles. The molecule has 26 heavy (non-hydrogen) atoms. The molecule has 0 aliphatic heterocycles. The van der Waals surface area contributed by atoms with Gasteiger partial charge in [-0.1, -0.05) is 72.8 Å². The maximum absolute atomic E-state index is 12.2. The number of amides is 1. The third kappa shape index (κ3) is 3.12. The molecule has 1 aromatic heterocycles. The lowest BCUT2D eigenvalue weighted by Crippen LogP contribution is -2.27. The minimum absolute atomic E-state index is 0.439. The van der Waals surface area contributed by atoms with Gasteiger partial charge in [-0.25, -0.2) is 5.48 Å². The largest absolute Gasteiger partial charge is 0.289 e. The number of hydroxylamine groups is 1. The average Bonchev–Trinajstić information content (AvgIpc) is 3.13. The molecule has 1 amide bonds. The van der Waals surface area contributed by atoms with E-state index in [1.807, 2.05) is 66.7 Å². The van der Waals surface area contributed by atoms with Gasteiger partial charge in [-0.2, -0.15) is 0 Å². The molecule has 4 rings (SSSR count). The van der Waals surface area contributed by atoms with Gasteiger partial charge < -0.3 is 0 Å². The van der Waals surface area contributed by atoms with Crippen LogP contribution < -0.4 is 5.48 Å². The Hall–Kier alpha value is -2.95. The van der Waals surface area contributed by atoms with E-state index in [0.29, 0.717) is 0 Å². The molecule has 3 nitrogen and oxygen atoms in total. The van der Waals surface area contributed by atoms with Crippen LogP contribution in [0, 0.1) is 0 Å². The van der Waals surface area contributed by atoms with Crippen LogP contribution in [-0.2, 0) is 4.79 Å². The Balaban J connectivity index is 1.70. The second-order valence-electron chi connectivity index (χ2n) is 6.09. The fourth-order valence-corrected chi connectivity index (χ4v) is 4.24. The maximum atomic E-state index is 12.2. The van der Waals surface area contributed by atoms with E-state index < -0.39 is 11.8 Å². The molecule has 0 fully saturated rings. The molecular weight excluding hydrogens is 342 g/mol. The van der Waals surface area contributed by atoms with Gasteiger partial charge >= 0.3 is 0 Å². The molecule has 2 N–H and O–H groups in total. The van der Waals surface area contributed by atoms with Crippen molar-refractivity contribution in [3.63, 3.8) is 0 Å². The molecule has 0 aliphatic carbocycles. The molecule has 128 valence electrons. The maximum Gasteiger partial charge on any atom is 0.255 e. The Morgan fingerprint density at radius 2 is 1.50 bits per heavy atom. The second kappa shape index (κ2) is 7.12. The van der Waals surface area contributed by atoms with E-state index in [-0.39, 0.29) is 0 Å². The number of nitrogens with one attached hydrogen (secondary N) is 1. The quantitative estimate of drug-likeness (QED) is 0.388. The van der Waals surface area contributed by atoms with Crippen LogP contribution in [0.25, 0.3) is 20.5 Å². The van der Waals surface area contributed by atoms with Crippen LogP contribution >= 0.6 is 11.3 Å². The second-order valence-corrected chi connectivity index (χ2v) is 7.17. The van der Waals surface area contributed by atoms with E-state index in [9.17, 15) is 4.79 Å². The Bertz CT molecular complexity index is 1010. The fourth-order valence-electron chi connectivity index (χ4n) is 3.17. The molecular formula is C22H17NO2S. The lowest BCUT2D eigenvalue weighted by atomic mass is 9.90. The third-order valence-electron chi connectivity index (χ3n) is 4.46. The summed E-state index contributed by atoms with van der Waals surface area (Å²) in [6, 6.07) is 27.9. The SMILES string of the molecule is O=C(NO)C(c1ccccc1)c1ccc(-c2cc3ccccc3s2)cc1. The van der Waals surface area contributed by atoms with E-state index in [4.69, 9.17) is 5.21 Å². The minimum atomic E-state index is -0.544. The van der Waals surface area contributed by atoms with Crippen LogP contribution in [0.15, 0.2) is 84.9 Å². The Morgan fingerprint density at radius 3 is 2.19 bits per heavy atom. The fraction of sp³-hybridized carbons (Fsp3) is 0.0455. The number of carbonyl (C=O) groups is 1. The third-order valence-corrected chi connectivity index (χ3v) is 5.62. The Labute approximate surface area is 155 Å². The smallest absolute Gasteiger partial charge is 0.255 e. The summed E-state index contributed by atoms with van der Waals surface area (Å²) in [7, 11) is 0. The summed E-state index contributed by atoms with van der Waals surface area (Å²) < 4.78 is 1.26. The molecule has 0 spiro atoms. The summed E-state index contributed by atoms with van der Waals surface area (Å²) >= 11 is 1.75. The number of rotatable bonds is 4. The van der Waals surface area contributed by atoms with Crippen molar-refractivity contribution < 1.29 is 10.0 Å². The first-order valence-electron chi connectivity index (χ1n) is 8.34. The van der Waals surface area contributed by atoms with E-state index >= 15 is 0 Å². The number of hydrogen-bond acceptors (Lipinski definition) is 3. The van der Waals surface area contributed by atoms with Gasteiger partial charge in [0, 0.05) is 9.58 Å². The monoisotopic (exact) mass is 359 g/mol. The predicted molar refractivity (Wildman–Crippen MR) is 105 cm³/mol. The van der Waals surface area contributed by atoms with Crippen LogP contribution in [-0.4, -0.2) is 11.1 Å². The summed E-state index contributed by atoms with van der Waals surface area (Å²) in [5.74, 6) is -0.983. The van der Waals surface area contributed by atoms with Crippen molar-refractivity contribution in [1.29, 1.82) is 0 Å². The summed E-state index contributed by atoms with van der Waals surface area (Å²) in [6.45, 7) is 0. The molecule has 3 aromatic carbocycles. The highest BCUT2D eigenvalue weighted by atomic mass is 32.1. The summed E-state index contributed by atoms with van der Waals surface area (Å²) in [5, 5.41) is 10.4. The van der Waals surface area contributed by atoms with E-state index in [2.05, 4.69) is 18.2 Å². The van der Waals surface area contributed by atoms with Crippen molar-refractivity contribution in [2.75, 3.05) is 0 Å². The molecule has 0 radical (unpaired) electrons. The minimum Gasteiger partial charge on any atom is -0.289 e. The number of fused-ring (bicyclic) bond motifs is 1. The van der Waals surface area contributed by atoms with Gasteiger partial charge in [0.25, 0.3) is 5.91 Å². The highest BCUT2D eigenvalue weighted by Gasteiger charge is 2.22. The zero-order valence-electron chi connectivity index (χ0n) is 13.9. The van der Waals surface area contributed by atoms with Crippen molar-refractivity contribution in [1.82, 2.24) is 5.48 Å². The van der Waals surface area contributed by atoms with Crippen molar-refractivity contribution in [2.45, 2.75) is 5.92 Å². The van der Waals surface area contributed by atoms with Gasteiger partial charge in [0.1, 0.15) is 0 Å². The first-order valence-corrected chi connectivity index (χ1v) is 9.16. The number of carbonyl (C=O) groups excluding carboxylic acids is 1. The molecule has 1 atom stereocenters. The average molecular weight is 359 g/mol. The number of thiophene rings is 1. The Kier molecular flexibility index (Phi) is 4.52. The van der Waals surface area contributed by atoms with Crippen LogP contribution in [0.5, 0.6) is 0 Å². The molecule has 0 saturated heterocycles. The van der Waals surface area contributed by atoms with E-state index in [1.54, 1.807) is 16.8 Å². The normalized spacial score (nSPS) is 12.0. The van der Waals surface area contributed by atoms with Gasteiger partial charge in [0.15, 0.2) is 0 Å². The van der Waals surface area contributed by atoms with E-state index in [1.165, 1.54) is 15.0 Å². The van der Waals surface area contributed by atoms with Crippen LogP contribution in [0.4, 0.5) is 0 Å². The summed E-state index contributed by atoms with van der Waals surface area (Å²) in [4.78, 5) is 13.4.